The number of hydrogen-bond acceptors (Lipinski definition) is 2. The number of para-hydroxylation sites is 1. The molecular weight excluding hydrogens is 270 g/mol. The average molecular weight is 290 g/mol. The zero-order valence-corrected chi connectivity index (χ0v) is 12.6. The molecule has 0 aliphatic heterocycles. The molecule has 2 aromatic carbocycles. The van der Waals surface area contributed by atoms with Gasteiger partial charge in [-0.05, 0) is 25.5 Å². The van der Waals surface area contributed by atoms with E-state index in [1.54, 1.807) is 0 Å². The quantitative estimate of drug-likeness (QED) is 0.889. The molecule has 0 aliphatic carbocycles. The van der Waals surface area contributed by atoms with Gasteiger partial charge in [0.2, 0.25) is 0 Å². The van der Waals surface area contributed by atoms with Gasteiger partial charge in [-0.1, -0.05) is 54.1 Å². The van der Waals surface area contributed by atoms with Gasteiger partial charge >= 0.3 is 0 Å². The van der Waals surface area contributed by atoms with Crippen LogP contribution in [0.3, 0.4) is 0 Å². The highest BCUT2D eigenvalue weighted by Crippen LogP contribution is 2.32. The van der Waals surface area contributed by atoms with Crippen molar-refractivity contribution in [3.8, 4) is 0 Å². The van der Waals surface area contributed by atoms with E-state index in [4.69, 9.17) is 11.6 Å². The Balaban J connectivity index is 2.39. The Morgan fingerprint density at radius 2 is 1.75 bits per heavy atom. The van der Waals surface area contributed by atoms with E-state index in [9.17, 15) is 5.11 Å². The van der Waals surface area contributed by atoms with Crippen molar-refractivity contribution in [3.05, 3.63) is 64.7 Å². The standard InChI is InChI=1S/C17H20ClNO/c1-13(2)19(11-14-7-4-3-5-8-14)17-15(12-20)9-6-10-16(17)18/h3-10,13,20H,11-12H2,1-2H3. The predicted octanol–water partition coefficient (Wildman–Crippen LogP) is 4.25. The predicted molar refractivity (Wildman–Crippen MR) is 85.1 cm³/mol. The molecule has 0 atom stereocenters. The number of rotatable bonds is 5. The van der Waals surface area contributed by atoms with Crippen LogP contribution in [0.2, 0.25) is 5.02 Å². The molecule has 0 spiro atoms. The molecule has 3 heteroatoms. The van der Waals surface area contributed by atoms with Gasteiger partial charge in [-0.25, -0.2) is 0 Å². The smallest absolute Gasteiger partial charge is 0.0702 e. The summed E-state index contributed by atoms with van der Waals surface area (Å²) in [5.74, 6) is 0. The van der Waals surface area contributed by atoms with Gasteiger partial charge in [0.25, 0.3) is 0 Å². The second kappa shape index (κ2) is 6.78. The molecule has 106 valence electrons. The van der Waals surface area contributed by atoms with Crippen molar-refractivity contribution in [2.24, 2.45) is 0 Å². The zero-order chi connectivity index (χ0) is 14.5. The van der Waals surface area contributed by atoms with E-state index >= 15 is 0 Å². The highest BCUT2D eigenvalue weighted by atomic mass is 35.5. The third-order valence-electron chi connectivity index (χ3n) is 3.35. The molecule has 2 aromatic rings. The fraction of sp³-hybridized carbons (Fsp3) is 0.294. The minimum atomic E-state index is -0.00605. The van der Waals surface area contributed by atoms with Crippen molar-refractivity contribution >= 4 is 17.3 Å². The second-order valence-corrected chi connectivity index (χ2v) is 5.52. The van der Waals surface area contributed by atoms with E-state index in [0.717, 1.165) is 17.8 Å². The minimum Gasteiger partial charge on any atom is -0.392 e. The van der Waals surface area contributed by atoms with Crippen molar-refractivity contribution in [2.75, 3.05) is 4.90 Å². The highest BCUT2D eigenvalue weighted by molar-refractivity contribution is 6.33. The van der Waals surface area contributed by atoms with Crippen LogP contribution in [0, 0.1) is 0 Å². The van der Waals surface area contributed by atoms with E-state index in [1.807, 2.05) is 36.4 Å². The van der Waals surface area contributed by atoms with Crippen LogP contribution < -0.4 is 4.90 Å². The lowest BCUT2D eigenvalue weighted by molar-refractivity contribution is 0.282. The van der Waals surface area contributed by atoms with Crippen LogP contribution in [0.25, 0.3) is 0 Å². The summed E-state index contributed by atoms with van der Waals surface area (Å²) in [7, 11) is 0. The molecule has 2 nitrogen and oxygen atoms in total. The lowest BCUT2D eigenvalue weighted by Crippen LogP contribution is -2.31. The van der Waals surface area contributed by atoms with Crippen LogP contribution in [-0.2, 0) is 13.2 Å². The molecule has 0 saturated heterocycles. The number of anilines is 1. The Kier molecular flexibility index (Phi) is 5.05. The van der Waals surface area contributed by atoms with Crippen LogP contribution in [-0.4, -0.2) is 11.1 Å². The van der Waals surface area contributed by atoms with Crippen LogP contribution in [0.15, 0.2) is 48.5 Å². The van der Waals surface area contributed by atoms with Crippen molar-refractivity contribution < 1.29 is 5.11 Å². The summed E-state index contributed by atoms with van der Waals surface area (Å²) in [6.07, 6.45) is 0. The normalized spacial score (nSPS) is 10.8. The molecule has 0 heterocycles. The molecule has 2 rings (SSSR count). The lowest BCUT2D eigenvalue weighted by atomic mass is 10.1. The Morgan fingerprint density at radius 3 is 2.35 bits per heavy atom. The SMILES string of the molecule is CC(C)N(Cc1ccccc1)c1c(Cl)cccc1CO. The molecule has 0 fully saturated rings. The molecule has 0 unspecified atom stereocenters. The first-order chi connectivity index (χ1) is 9.63. The summed E-state index contributed by atoms with van der Waals surface area (Å²) in [6, 6.07) is 16.2. The summed E-state index contributed by atoms with van der Waals surface area (Å²) in [4.78, 5) is 2.23. The molecule has 0 aromatic heterocycles. The highest BCUT2D eigenvalue weighted by Gasteiger charge is 2.17. The van der Waals surface area contributed by atoms with Gasteiger partial charge in [0.05, 0.1) is 17.3 Å². The molecule has 1 N–H and O–H groups in total. The van der Waals surface area contributed by atoms with Gasteiger partial charge in [0.15, 0.2) is 0 Å². The minimum absolute atomic E-state index is 0.00605. The number of nitrogens with zero attached hydrogens (tertiary/aromatic N) is 1. The Bertz CT molecular complexity index is 554. The monoisotopic (exact) mass is 289 g/mol. The van der Waals surface area contributed by atoms with Crippen LogP contribution >= 0.6 is 11.6 Å². The van der Waals surface area contributed by atoms with E-state index in [-0.39, 0.29) is 6.61 Å². The largest absolute Gasteiger partial charge is 0.392 e. The molecule has 0 bridgehead atoms. The summed E-state index contributed by atoms with van der Waals surface area (Å²) in [5, 5.41) is 10.2. The summed E-state index contributed by atoms with van der Waals surface area (Å²) < 4.78 is 0. The summed E-state index contributed by atoms with van der Waals surface area (Å²) >= 11 is 6.36. The maximum absolute atomic E-state index is 9.55. The summed E-state index contributed by atoms with van der Waals surface area (Å²) in [5.41, 5.74) is 3.02. The average Bonchev–Trinajstić information content (AvgIpc) is 2.46. The molecule has 20 heavy (non-hydrogen) atoms. The van der Waals surface area contributed by atoms with Crippen molar-refractivity contribution in [1.29, 1.82) is 0 Å². The fourth-order valence-corrected chi connectivity index (χ4v) is 2.61. The van der Waals surface area contributed by atoms with Crippen LogP contribution in [0.5, 0.6) is 0 Å². The van der Waals surface area contributed by atoms with Gasteiger partial charge in [-0.2, -0.15) is 0 Å². The summed E-state index contributed by atoms with van der Waals surface area (Å²) in [6.45, 7) is 5.03. The molecule has 0 amide bonds. The van der Waals surface area contributed by atoms with E-state index in [2.05, 4.69) is 30.9 Å². The topological polar surface area (TPSA) is 23.5 Å². The van der Waals surface area contributed by atoms with Crippen LogP contribution in [0.4, 0.5) is 5.69 Å². The van der Waals surface area contributed by atoms with Gasteiger partial charge in [-0.15, -0.1) is 0 Å². The van der Waals surface area contributed by atoms with Gasteiger partial charge < -0.3 is 10.0 Å². The first kappa shape index (κ1) is 14.9. The molecular formula is C17H20ClNO. The van der Waals surface area contributed by atoms with E-state index < -0.39 is 0 Å². The van der Waals surface area contributed by atoms with Gasteiger partial charge in [-0.3, -0.25) is 0 Å². The number of benzene rings is 2. The lowest BCUT2D eigenvalue weighted by Gasteiger charge is -2.31. The maximum Gasteiger partial charge on any atom is 0.0702 e. The third kappa shape index (κ3) is 3.33. The maximum atomic E-state index is 9.55. The Morgan fingerprint density at radius 1 is 1.05 bits per heavy atom. The van der Waals surface area contributed by atoms with Crippen molar-refractivity contribution in [1.82, 2.24) is 0 Å². The van der Waals surface area contributed by atoms with Gasteiger partial charge in [0, 0.05) is 18.2 Å². The molecule has 0 radical (unpaired) electrons. The fourth-order valence-electron chi connectivity index (χ4n) is 2.31. The first-order valence-corrected chi connectivity index (χ1v) is 7.20. The zero-order valence-electron chi connectivity index (χ0n) is 11.9. The number of halogens is 1. The first-order valence-electron chi connectivity index (χ1n) is 6.82. The van der Waals surface area contributed by atoms with Crippen molar-refractivity contribution in [2.45, 2.75) is 33.0 Å². The second-order valence-electron chi connectivity index (χ2n) is 5.11. The number of aliphatic hydroxyl groups is 1. The Labute approximate surface area is 125 Å². The number of hydrogen-bond donors (Lipinski definition) is 1. The van der Waals surface area contributed by atoms with Crippen LogP contribution in [0.1, 0.15) is 25.0 Å². The van der Waals surface area contributed by atoms with Crippen molar-refractivity contribution in [3.63, 3.8) is 0 Å². The molecule has 0 aliphatic rings. The third-order valence-corrected chi connectivity index (χ3v) is 3.65. The van der Waals surface area contributed by atoms with E-state index in [0.29, 0.717) is 11.1 Å². The number of aliphatic hydroxyl groups excluding tert-OH is 1. The molecule has 0 saturated carbocycles. The Hall–Kier alpha value is -1.51. The van der Waals surface area contributed by atoms with E-state index in [1.165, 1.54) is 5.56 Å². The van der Waals surface area contributed by atoms with Gasteiger partial charge in [0.1, 0.15) is 0 Å².